The van der Waals surface area contributed by atoms with Crippen molar-refractivity contribution in [2.75, 3.05) is 0 Å². The van der Waals surface area contributed by atoms with Crippen LogP contribution in [0.4, 0.5) is 0 Å². The number of benzene rings is 1. The number of aliphatic carboxylic acids is 1. The van der Waals surface area contributed by atoms with Gasteiger partial charge in [-0.15, -0.1) is 0 Å². The number of nitrogens with two attached hydrogens (primary N) is 1. The van der Waals surface area contributed by atoms with Gasteiger partial charge in [0.2, 0.25) is 0 Å². The molecule has 0 aliphatic carbocycles. The molecule has 2 atom stereocenters. The second kappa shape index (κ2) is 4.54. The zero-order valence-electron chi connectivity index (χ0n) is 7.22. The van der Waals surface area contributed by atoms with Gasteiger partial charge in [0.1, 0.15) is 0 Å². The average Bonchev–Trinajstić information content (AvgIpc) is 2.16. The Hall–Kier alpha value is -0.910. The summed E-state index contributed by atoms with van der Waals surface area (Å²) >= 11 is 3.23. The Balaban J connectivity index is 2.94. The van der Waals surface area contributed by atoms with Crippen molar-refractivity contribution in [1.29, 1.82) is 0 Å². The highest BCUT2D eigenvalue weighted by Crippen LogP contribution is 2.23. The number of aliphatic hydroxyl groups excluding tert-OH is 1. The minimum atomic E-state index is -1.59. The molecule has 1 rings (SSSR count). The summed E-state index contributed by atoms with van der Waals surface area (Å²) in [5.74, 6) is -1.33. The molecule has 5 heteroatoms. The highest BCUT2D eigenvalue weighted by Gasteiger charge is 2.24. The van der Waals surface area contributed by atoms with E-state index in [0.717, 1.165) is 0 Å². The van der Waals surface area contributed by atoms with E-state index >= 15 is 0 Å². The third-order valence-electron chi connectivity index (χ3n) is 1.86. The lowest BCUT2D eigenvalue weighted by Gasteiger charge is -2.16. The Morgan fingerprint density at radius 2 is 2.00 bits per heavy atom. The average molecular weight is 260 g/mol. The van der Waals surface area contributed by atoms with Crippen LogP contribution in [0.15, 0.2) is 28.7 Å². The van der Waals surface area contributed by atoms with Crippen molar-refractivity contribution in [2.45, 2.75) is 12.1 Å². The van der Waals surface area contributed by atoms with Crippen molar-refractivity contribution in [3.05, 3.63) is 34.3 Å². The van der Waals surface area contributed by atoms with E-state index in [9.17, 15) is 9.90 Å². The maximum absolute atomic E-state index is 10.5. The molecule has 0 aliphatic heterocycles. The van der Waals surface area contributed by atoms with Crippen molar-refractivity contribution >= 4 is 21.9 Å². The number of hydrogen-bond acceptors (Lipinski definition) is 3. The maximum atomic E-state index is 10.5. The summed E-state index contributed by atoms with van der Waals surface area (Å²) < 4.78 is 0.688. The summed E-state index contributed by atoms with van der Waals surface area (Å²) in [7, 11) is 0. The number of hydrogen-bond donors (Lipinski definition) is 3. The largest absolute Gasteiger partial charge is 0.479 e. The zero-order valence-corrected chi connectivity index (χ0v) is 8.81. The molecule has 0 aromatic heterocycles. The Morgan fingerprint density at radius 1 is 1.43 bits per heavy atom. The van der Waals surface area contributed by atoms with E-state index in [0.29, 0.717) is 10.0 Å². The van der Waals surface area contributed by atoms with Gasteiger partial charge < -0.3 is 15.9 Å². The van der Waals surface area contributed by atoms with Crippen LogP contribution in [-0.4, -0.2) is 22.3 Å². The molecule has 4 nitrogen and oxygen atoms in total. The van der Waals surface area contributed by atoms with Crippen LogP contribution < -0.4 is 5.73 Å². The number of carboxylic acids is 1. The van der Waals surface area contributed by atoms with Crippen LogP contribution in [0.5, 0.6) is 0 Å². The van der Waals surface area contributed by atoms with Crippen molar-refractivity contribution in [3.63, 3.8) is 0 Å². The van der Waals surface area contributed by atoms with Crippen molar-refractivity contribution in [3.8, 4) is 0 Å². The number of aliphatic hydroxyl groups is 1. The van der Waals surface area contributed by atoms with Crippen LogP contribution in [0, 0.1) is 0 Å². The van der Waals surface area contributed by atoms with Crippen LogP contribution in [0.1, 0.15) is 11.6 Å². The molecule has 0 saturated heterocycles. The zero-order chi connectivity index (χ0) is 10.7. The first-order valence-electron chi connectivity index (χ1n) is 3.95. The molecule has 0 unspecified atom stereocenters. The summed E-state index contributed by atoms with van der Waals surface area (Å²) in [5.41, 5.74) is 6.15. The van der Waals surface area contributed by atoms with Gasteiger partial charge in [0.25, 0.3) is 0 Å². The smallest absolute Gasteiger partial charge is 0.334 e. The molecular formula is C9H10BrNO3. The molecule has 0 heterocycles. The molecule has 0 fully saturated rings. The minimum Gasteiger partial charge on any atom is -0.479 e. The molecule has 0 aliphatic rings. The molecule has 0 amide bonds. The quantitative estimate of drug-likeness (QED) is 0.753. The lowest BCUT2D eigenvalue weighted by molar-refractivity contribution is -0.147. The van der Waals surface area contributed by atoms with Crippen LogP contribution in [0.25, 0.3) is 0 Å². The molecule has 0 spiro atoms. The van der Waals surface area contributed by atoms with Gasteiger partial charge in [0, 0.05) is 4.47 Å². The van der Waals surface area contributed by atoms with Gasteiger partial charge in [-0.3, -0.25) is 0 Å². The highest BCUT2D eigenvalue weighted by atomic mass is 79.9. The standard InChI is InChI=1S/C9H10BrNO3/c10-6-4-2-1-3-5(6)7(11)8(12)9(13)14/h1-4,7-8,12H,11H2,(H,13,14)/t7-,8+/m0/s1. The van der Waals surface area contributed by atoms with E-state index in [1.165, 1.54) is 0 Å². The van der Waals surface area contributed by atoms with E-state index in [2.05, 4.69) is 15.9 Å². The summed E-state index contributed by atoms with van der Waals surface area (Å²) in [6.07, 6.45) is -1.59. The van der Waals surface area contributed by atoms with Crippen LogP contribution in [0.2, 0.25) is 0 Å². The summed E-state index contributed by atoms with van der Waals surface area (Å²) in [5, 5.41) is 17.8. The van der Waals surface area contributed by atoms with Gasteiger partial charge in [0.05, 0.1) is 6.04 Å². The predicted molar refractivity (Wildman–Crippen MR) is 54.7 cm³/mol. The van der Waals surface area contributed by atoms with E-state index in [4.69, 9.17) is 10.8 Å². The first kappa shape index (κ1) is 11.2. The molecule has 0 saturated carbocycles. The topological polar surface area (TPSA) is 83.5 Å². The molecule has 4 N–H and O–H groups in total. The number of halogens is 1. The summed E-state index contributed by atoms with van der Waals surface area (Å²) in [4.78, 5) is 10.5. The molecule has 76 valence electrons. The van der Waals surface area contributed by atoms with Gasteiger partial charge in [-0.05, 0) is 11.6 Å². The monoisotopic (exact) mass is 259 g/mol. The Kier molecular flexibility index (Phi) is 3.62. The predicted octanol–water partition coefficient (Wildman–Crippen LogP) is 0.894. The van der Waals surface area contributed by atoms with Crippen molar-refractivity contribution in [2.24, 2.45) is 5.73 Å². The highest BCUT2D eigenvalue weighted by molar-refractivity contribution is 9.10. The van der Waals surface area contributed by atoms with E-state index in [1.807, 2.05) is 0 Å². The normalized spacial score (nSPS) is 14.8. The fourth-order valence-corrected chi connectivity index (χ4v) is 1.62. The first-order chi connectivity index (χ1) is 6.54. The van der Waals surface area contributed by atoms with Gasteiger partial charge in [-0.25, -0.2) is 4.79 Å². The molecule has 1 aromatic carbocycles. The van der Waals surface area contributed by atoms with Crippen LogP contribution in [0.3, 0.4) is 0 Å². The second-order valence-electron chi connectivity index (χ2n) is 2.83. The van der Waals surface area contributed by atoms with Crippen LogP contribution in [-0.2, 0) is 4.79 Å². The number of rotatable bonds is 3. The van der Waals surface area contributed by atoms with Crippen molar-refractivity contribution < 1.29 is 15.0 Å². The lowest BCUT2D eigenvalue weighted by Crippen LogP contribution is -2.33. The third kappa shape index (κ3) is 2.31. The SMILES string of the molecule is N[C@@H](c1ccccc1Br)[C@@H](O)C(=O)O. The third-order valence-corrected chi connectivity index (χ3v) is 2.58. The molecule has 0 bridgehead atoms. The van der Waals surface area contributed by atoms with Gasteiger partial charge in [-0.1, -0.05) is 34.1 Å². The minimum absolute atomic E-state index is 0.572. The van der Waals surface area contributed by atoms with Crippen molar-refractivity contribution in [1.82, 2.24) is 0 Å². The van der Waals surface area contributed by atoms with Crippen LogP contribution >= 0.6 is 15.9 Å². The Bertz CT molecular complexity index is 343. The van der Waals surface area contributed by atoms with Gasteiger partial charge >= 0.3 is 5.97 Å². The summed E-state index contributed by atoms with van der Waals surface area (Å²) in [6, 6.07) is 6.00. The lowest BCUT2D eigenvalue weighted by atomic mass is 10.0. The molecule has 0 radical (unpaired) electrons. The van der Waals surface area contributed by atoms with E-state index < -0.39 is 18.1 Å². The number of carbonyl (C=O) groups is 1. The molecule has 1 aromatic rings. The van der Waals surface area contributed by atoms with E-state index in [1.54, 1.807) is 24.3 Å². The van der Waals surface area contributed by atoms with Gasteiger partial charge in [0.15, 0.2) is 6.10 Å². The molecular weight excluding hydrogens is 250 g/mol. The van der Waals surface area contributed by atoms with E-state index in [-0.39, 0.29) is 0 Å². The second-order valence-corrected chi connectivity index (χ2v) is 3.68. The first-order valence-corrected chi connectivity index (χ1v) is 4.74. The number of carboxylic acid groups (broad SMARTS) is 1. The Labute approximate surface area is 89.5 Å². The van der Waals surface area contributed by atoms with Gasteiger partial charge in [-0.2, -0.15) is 0 Å². The fourth-order valence-electron chi connectivity index (χ4n) is 1.07. The maximum Gasteiger partial charge on any atom is 0.334 e. The fraction of sp³-hybridized carbons (Fsp3) is 0.222. The Morgan fingerprint density at radius 3 is 2.50 bits per heavy atom. The molecule has 14 heavy (non-hydrogen) atoms. The summed E-state index contributed by atoms with van der Waals surface area (Å²) in [6.45, 7) is 0.